The van der Waals surface area contributed by atoms with Gasteiger partial charge in [0.05, 0.1) is 4.90 Å². The Morgan fingerprint density at radius 2 is 1.77 bits per heavy atom. The van der Waals surface area contributed by atoms with Gasteiger partial charge >= 0.3 is 0 Å². The summed E-state index contributed by atoms with van der Waals surface area (Å²) in [5, 5.41) is 3.78. The van der Waals surface area contributed by atoms with Crippen LogP contribution in [0.25, 0.3) is 0 Å². The summed E-state index contributed by atoms with van der Waals surface area (Å²) < 4.78 is 40.0. The molecular formula is C18H20FN3O2S2. The minimum Gasteiger partial charge on any atom is -0.346 e. The van der Waals surface area contributed by atoms with E-state index < -0.39 is 15.8 Å². The Morgan fingerprint density at radius 3 is 2.42 bits per heavy atom. The van der Waals surface area contributed by atoms with Gasteiger partial charge in [0.15, 0.2) is 5.11 Å². The van der Waals surface area contributed by atoms with Gasteiger partial charge in [-0.3, -0.25) is 0 Å². The molecular weight excluding hydrogens is 373 g/mol. The maximum atomic E-state index is 13.4. The molecule has 8 heteroatoms. The molecule has 1 aliphatic heterocycles. The standard InChI is InChI=1S/C18H20FN3O2S2/c1-14-5-2-3-8-17(14)20-18(25)21-9-11-22(12-10-21)26(23,24)16-7-4-6-15(19)13-16/h2-8,13H,9-12H2,1H3,(H,20,25). The van der Waals surface area contributed by atoms with Crippen LogP contribution in [-0.4, -0.2) is 48.9 Å². The maximum Gasteiger partial charge on any atom is 0.243 e. The van der Waals surface area contributed by atoms with E-state index in [0.717, 1.165) is 17.3 Å². The molecule has 1 heterocycles. The number of aryl methyl sites for hydroxylation is 1. The number of sulfonamides is 1. The smallest absolute Gasteiger partial charge is 0.243 e. The van der Waals surface area contributed by atoms with Crippen molar-refractivity contribution >= 4 is 33.0 Å². The van der Waals surface area contributed by atoms with E-state index in [1.54, 1.807) is 0 Å². The Morgan fingerprint density at radius 1 is 1.08 bits per heavy atom. The molecule has 0 atom stereocenters. The monoisotopic (exact) mass is 393 g/mol. The summed E-state index contributed by atoms with van der Waals surface area (Å²) in [6.45, 7) is 3.55. The van der Waals surface area contributed by atoms with Gasteiger partial charge in [-0.15, -0.1) is 0 Å². The molecule has 0 radical (unpaired) electrons. The predicted molar refractivity (Wildman–Crippen MR) is 104 cm³/mol. The zero-order valence-electron chi connectivity index (χ0n) is 14.4. The van der Waals surface area contributed by atoms with Gasteiger partial charge in [-0.25, -0.2) is 12.8 Å². The van der Waals surface area contributed by atoms with Crippen LogP contribution in [-0.2, 0) is 10.0 Å². The Kier molecular flexibility index (Phi) is 5.55. The van der Waals surface area contributed by atoms with Crippen molar-refractivity contribution in [1.29, 1.82) is 0 Å². The molecule has 1 fully saturated rings. The van der Waals surface area contributed by atoms with Gasteiger partial charge in [0.25, 0.3) is 0 Å². The lowest BCUT2D eigenvalue weighted by atomic mass is 10.2. The van der Waals surface area contributed by atoms with Crippen LogP contribution in [0.4, 0.5) is 10.1 Å². The van der Waals surface area contributed by atoms with Crippen LogP contribution >= 0.6 is 12.2 Å². The van der Waals surface area contributed by atoms with E-state index in [1.807, 2.05) is 36.1 Å². The van der Waals surface area contributed by atoms with Gasteiger partial charge in [0, 0.05) is 31.9 Å². The fraction of sp³-hybridized carbons (Fsp3) is 0.278. The molecule has 2 aromatic rings. The van der Waals surface area contributed by atoms with Crippen molar-refractivity contribution in [2.75, 3.05) is 31.5 Å². The average molecular weight is 394 g/mol. The molecule has 0 saturated carbocycles. The van der Waals surface area contributed by atoms with Crippen LogP contribution in [0.15, 0.2) is 53.4 Å². The van der Waals surface area contributed by atoms with Crippen molar-refractivity contribution < 1.29 is 12.8 Å². The Bertz CT molecular complexity index is 910. The highest BCUT2D eigenvalue weighted by molar-refractivity contribution is 7.89. The van der Waals surface area contributed by atoms with Crippen molar-refractivity contribution in [2.24, 2.45) is 0 Å². The van der Waals surface area contributed by atoms with E-state index >= 15 is 0 Å². The third kappa shape index (κ3) is 4.03. The number of benzene rings is 2. The van der Waals surface area contributed by atoms with Crippen LogP contribution in [0.3, 0.4) is 0 Å². The van der Waals surface area contributed by atoms with Gasteiger partial charge in [0.1, 0.15) is 5.82 Å². The van der Waals surface area contributed by atoms with Crippen molar-refractivity contribution in [3.05, 3.63) is 59.9 Å². The van der Waals surface area contributed by atoms with Crippen LogP contribution in [0, 0.1) is 12.7 Å². The number of nitrogens with zero attached hydrogens (tertiary/aromatic N) is 2. The van der Waals surface area contributed by atoms with Gasteiger partial charge in [0.2, 0.25) is 10.0 Å². The van der Waals surface area contributed by atoms with Crippen molar-refractivity contribution in [3.8, 4) is 0 Å². The highest BCUT2D eigenvalue weighted by Gasteiger charge is 2.29. The second kappa shape index (κ2) is 7.69. The third-order valence-corrected chi connectivity index (χ3v) is 6.60. The molecule has 0 amide bonds. The van der Waals surface area contributed by atoms with Gasteiger partial charge in [-0.05, 0) is 49.0 Å². The summed E-state index contributed by atoms with van der Waals surface area (Å²) in [5.74, 6) is -0.562. The summed E-state index contributed by atoms with van der Waals surface area (Å²) >= 11 is 5.46. The summed E-state index contributed by atoms with van der Waals surface area (Å²) in [4.78, 5) is 1.92. The first-order chi connectivity index (χ1) is 12.4. The quantitative estimate of drug-likeness (QED) is 0.813. The Balaban J connectivity index is 1.64. The number of rotatable bonds is 3. The number of nitrogens with one attached hydrogen (secondary N) is 1. The molecule has 1 N–H and O–H groups in total. The summed E-state index contributed by atoms with van der Waals surface area (Å²) in [5.41, 5.74) is 2.02. The minimum absolute atomic E-state index is 0.0217. The topological polar surface area (TPSA) is 52.6 Å². The molecule has 0 aromatic heterocycles. The number of hydrogen-bond acceptors (Lipinski definition) is 3. The molecule has 3 rings (SSSR count). The lowest BCUT2D eigenvalue weighted by Crippen LogP contribution is -2.51. The molecule has 1 aliphatic rings. The number of anilines is 1. The predicted octanol–water partition coefficient (Wildman–Crippen LogP) is 2.84. The first kappa shape index (κ1) is 18.8. The summed E-state index contributed by atoms with van der Waals surface area (Å²) in [7, 11) is -3.70. The van der Waals surface area contributed by atoms with E-state index in [1.165, 1.54) is 22.5 Å². The average Bonchev–Trinajstić information content (AvgIpc) is 2.63. The zero-order valence-corrected chi connectivity index (χ0v) is 16.0. The first-order valence-electron chi connectivity index (χ1n) is 8.25. The molecule has 0 aliphatic carbocycles. The van der Waals surface area contributed by atoms with E-state index in [9.17, 15) is 12.8 Å². The fourth-order valence-electron chi connectivity index (χ4n) is 2.82. The second-order valence-electron chi connectivity index (χ2n) is 6.09. The van der Waals surface area contributed by atoms with Crippen molar-refractivity contribution in [1.82, 2.24) is 9.21 Å². The van der Waals surface area contributed by atoms with Crippen molar-refractivity contribution in [3.63, 3.8) is 0 Å². The summed E-state index contributed by atoms with van der Waals surface area (Å²) in [6.07, 6.45) is 0. The largest absolute Gasteiger partial charge is 0.346 e. The lowest BCUT2D eigenvalue weighted by Gasteiger charge is -2.35. The van der Waals surface area contributed by atoms with Crippen LogP contribution < -0.4 is 5.32 Å². The number of para-hydroxylation sites is 1. The zero-order chi connectivity index (χ0) is 18.7. The highest BCUT2D eigenvalue weighted by atomic mass is 32.2. The Labute approximate surface area is 158 Å². The van der Waals surface area contributed by atoms with Crippen LogP contribution in [0.2, 0.25) is 0 Å². The van der Waals surface area contributed by atoms with Crippen LogP contribution in [0.1, 0.15) is 5.56 Å². The number of thiocarbonyl (C=S) groups is 1. The highest BCUT2D eigenvalue weighted by Crippen LogP contribution is 2.19. The van der Waals surface area contributed by atoms with Gasteiger partial charge in [-0.1, -0.05) is 24.3 Å². The van der Waals surface area contributed by atoms with E-state index in [2.05, 4.69) is 5.32 Å². The number of halogens is 1. The lowest BCUT2D eigenvalue weighted by molar-refractivity contribution is 0.268. The number of hydrogen-bond donors (Lipinski definition) is 1. The number of piperazine rings is 1. The SMILES string of the molecule is Cc1ccccc1NC(=S)N1CCN(S(=O)(=O)c2cccc(F)c2)CC1. The van der Waals surface area contributed by atoms with Gasteiger partial charge in [-0.2, -0.15) is 4.31 Å². The first-order valence-corrected chi connectivity index (χ1v) is 10.1. The molecule has 1 saturated heterocycles. The van der Waals surface area contributed by atoms with E-state index in [-0.39, 0.29) is 4.90 Å². The Hall–Kier alpha value is -2.03. The van der Waals surface area contributed by atoms with E-state index in [0.29, 0.717) is 31.3 Å². The fourth-order valence-corrected chi connectivity index (χ4v) is 4.56. The molecule has 0 bridgehead atoms. The molecule has 26 heavy (non-hydrogen) atoms. The molecule has 138 valence electrons. The van der Waals surface area contributed by atoms with Crippen LogP contribution in [0.5, 0.6) is 0 Å². The van der Waals surface area contributed by atoms with Gasteiger partial charge < -0.3 is 10.2 Å². The normalized spacial score (nSPS) is 15.7. The minimum atomic E-state index is -3.70. The molecule has 0 spiro atoms. The molecule has 2 aromatic carbocycles. The van der Waals surface area contributed by atoms with E-state index in [4.69, 9.17) is 12.2 Å². The molecule has 0 unspecified atom stereocenters. The molecule has 5 nitrogen and oxygen atoms in total. The third-order valence-electron chi connectivity index (χ3n) is 4.35. The second-order valence-corrected chi connectivity index (χ2v) is 8.42. The summed E-state index contributed by atoms with van der Waals surface area (Å²) in [6, 6.07) is 12.9. The maximum absolute atomic E-state index is 13.4. The van der Waals surface area contributed by atoms with Crippen molar-refractivity contribution in [2.45, 2.75) is 11.8 Å².